The maximum atomic E-state index is 12.6. The number of phosphoric ester groups is 1. The van der Waals surface area contributed by atoms with E-state index in [0.29, 0.717) is 6.61 Å². The quantitative estimate of drug-likeness (QED) is 0.0236. The molecule has 314 valence electrons. The topological polar surface area (TPSA) is 155 Å². The minimum Gasteiger partial charge on any atom is -0.480 e. The van der Waals surface area contributed by atoms with E-state index in [4.69, 9.17) is 29.4 Å². The van der Waals surface area contributed by atoms with Gasteiger partial charge in [0.15, 0.2) is 0 Å². The van der Waals surface area contributed by atoms with E-state index in [1.54, 1.807) is 0 Å². The molecule has 0 radical (unpaired) electrons. The fraction of sp³-hybridized carbons (Fsp3) is 0.905. The summed E-state index contributed by atoms with van der Waals surface area (Å²) in [6, 6.07) is -1.47. The van der Waals surface area contributed by atoms with E-state index in [1.807, 2.05) is 0 Å². The standard InChI is InChI=1S/C42H82NO9P/c1-3-5-7-9-11-13-15-17-18-19-20-21-22-24-26-28-30-32-34-41(44)52-39(37-50-53(47,48)51-38-40(43)42(45)46)36-49-35-33-31-29-27-25-23-16-14-12-10-8-6-4-2/h12,14,39-40H,3-11,13,15-38,43H2,1-2H3,(H,45,46)(H,47,48)/b14-12-. The first-order chi connectivity index (χ1) is 25.7. The van der Waals surface area contributed by atoms with Crippen molar-refractivity contribution in [3.05, 3.63) is 12.2 Å². The van der Waals surface area contributed by atoms with Gasteiger partial charge in [0.1, 0.15) is 12.1 Å². The van der Waals surface area contributed by atoms with Gasteiger partial charge in [0.05, 0.1) is 19.8 Å². The lowest BCUT2D eigenvalue weighted by atomic mass is 10.0. The van der Waals surface area contributed by atoms with Crippen LogP contribution in [0.1, 0.15) is 206 Å². The van der Waals surface area contributed by atoms with Crippen molar-refractivity contribution < 1.29 is 42.7 Å². The van der Waals surface area contributed by atoms with E-state index >= 15 is 0 Å². The predicted octanol–water partition coefficient (Wildman–Crippen LogP) is 11.8. The molecule has 0 heterocycles. The molecule has 0 saturated heterocycles. The number of unbranched alkanes of at least 4 members (excludes halogenated alkanes) is 26. The number of rotatable bonds is 42. The average molecular weight is 776 g/mol. The van der Waals surface area contributed by atoms with Crippen molar-refractivity contribution in [1.29, 1.82) is 0 Å². The zero-order valence-electron chi connectivity index (χ0n) is 34.1. The first kappa shape index (κ1) is 51.7. The van der Waals surface area contributed by atoms with E-state index in [2.05, 4.69) is 26.0 Å². The summed E-state index contributed by atoms with van der Waals surface area (Å²) in [6.07, 6.45) is 39.7. The van der Waals surface area contributed by atoms with E-state index in [-0.39, 0.29) is 13.0 Å². The van der Waals surface area contributed by atoms with Crippen LogP contribution in [0.5, 0.6) is 0 Å². The number of carbonyl (C=O) groups excluding carboxylic acids is 1. The molecular formula is C42H82NO9P. The molecule has 0 aromatic heterocycles. The second kappa shape index (κ2) is 39.0. The Labute approximate surface area is 324 Å². The van der Waals surface area contributed by atoms with E-state index in [0.717, 1.165) is 44.9 Å². The second-order valence-corrected chi connectivity index (χ2v) is 16.3. The molecule has 10 nitrogen and oxygen atoms in total. The summed E-state index contributed by atoms with van der Waals surface area (Å²) in [5, 5.41) is 8.89. The third kappa shape index (κ3) is 38.8. The molecule has 0 aliphatic heterocycles. The van der Waals surface area contributed by atoms with Crippen molar-refractivity contribution in [1.82, 2.24) is 0 Å². The average Bonchev–Trinajstić information content (AvgIpc) is 3.13. The predicted molar refractivity (Wildman–Crippen MR) is 217 cm³/mol. The summed E-state index contributed by atoms with van der Waals surface area (Å²) < 4.78 is 33.3. The van der Waals surface area contributed by atoms with Gasteiger partial charge in [0, 0.05) is 13.0 Å². The largest absolute Gasteiger partial charge is 0.480 e. The van der Waals surface area contributed by atoms with Crippen molar-refractivity contribution in [3.63, 3.8) is 0 Å². The highest BCUT2D eigenvalue weighted by atomic mass is 31.2. The normalized spacial score (nSPS) is 14.0. The number of hydrogen-bond acceptors (Lipinski definition) is 8. The highest BCUT2D eigenvalue weighted by Gasteiger charge is 2.27. The maximum Gasteiger partial charge on any atom is 0.472 e. The monoisotopic (exact) mass is 776 g/mol. The molecular weight excluding hydrogens is 693 g/mol. The van der Waals surface area contributed by atoms with Crippen molar-refractivity contribution >= 4 is 19.8 Å². The van der Waals surface area contributed by atoms with Gasteiger partial charge < -0.3 is 25.2 Å². The van der Waals surface area contributed by atoms with Gasteiger partial charge >= 0.3 is 19.8 Å². The number of carbonyl (C=O) groups is 2. The van der Waals surface area contributed by atoms with Crippen molar-refractivity contribution in [2.75, 3.05) is 26.4 Å². The Morgan fingerprint density at radius 2 is 0.981 bits per heavy atom. The summed E-state index contributed by atoms with van der Waals surface area (Å²) in [4.78, 5) is 33.5. The smallest absolute Gasteiger partial charge is 0.472 e. The number of carboxylic acids is 1. The molecule has 3 unspecified atom stereocenters. The molecule has 0 rings (SSSR count). The summed E-state index contributed by atoms with van der Waals surface area (Å²) in [5.74, 6) is -1.77. The Hall–Kier alpha value is -1.29. The number of carboxylic acid groups (broad SMARTS) is 1. The fourth-order valence-electron chi connectivity index (χ4n) is 6.13. The molecule has 0 aliphatic carbocycles. The number of hydrogen-bond donors (Lipinski definition) is 3. The Bertz CT molecular complexity index is 904. The number of ether oxygens (including phenoxy) is 2. The lowest BCUT2D eigenvalue weighted by Crippen LogP contribution is -2.34. The minimum atomic E-state index is -4.61. The Morgan fingerprint density at radius 3 is 1.47 bits per heavy atom. The fourth-order valence-corrected chi connectivity index (χ4v) is 6.91. The van der Waals surface area contributed by atoms with Gasteiger partial charge in [-0.15, -0.1) is 0 Å². The molecule has 0 fully saturated rings. The van der Waals surface area contributed by atoms with Crippen LogP contribution < -0.4 is 5.73 Å². The SMILES string of the molecule is CCCCC/C=C\CCCCCCCCOCC(COP(=O)(O)OCC(N)C(=O)O)OC(=O)CCCCCCCCCCCCCCCCCCCC. The van der Waals surface area contributed by atoms with E-state index < -0.39 is 45.1 Å². The number of phosphoric acid groups is 1. The zero-order chi connectivity index (χ0) is 39.1. The molecule has 0 saturated carbocycles. The maximum absolute atomic E-state index is 12.6. The van der Waals surface area contributed by atoms with Crippen molar-refractivity contribution in [3.8, 4) is 0 Å². The molecule has 3 atom stereocenters. The van der Waals surface area contributed by atoms with Crippen LogP contribution in [0, 0.1) is 0 Å². The van der Waals surface area contributed by atoms with Gasteiger partial charge in [-0.25, -0.2) is 4.57 Å². The zero-order valence-corrected chi connectivity index (χ0v) is 35.0. The van der Waals surface area contributed by atoms with Gasteiger partial charge in [0.2, 0.25) is 0 Å². The molecule has 0 aliphatic rings. The van der Waals surface area contributed by atoms with Gasteiger partial charge in [0.25, 0.3) is 0 Å². The summed E-state index contributed by atoms with van der Waals surface area (Å²) in [7, 11) is -4.61. The van der Waals surface area contributed by atoms with Crippen LogP contribution in [0.4, 0.5) is 0 Å². The molecule has 0 aromatic carbocycles. The van der Waals surface area contributed by atoms with Crippen LogP contribution in [-0.2, 0) is 32.7 Å². The third-order valence-corrected chi connectivity index (χ3v) is 10.5. The lowest BCUT2D eigenvalue weighted by molar-refractivity contribution is -0.154. The van der Waals surface area contributed by atoms with Crippen LogP contribution >= 0.6 is 7.82 Å². The highest BCUT2D eigenvalue weighted by molar-refractivity contribution is 7.47. The van der Waals surface area contributed by atoms with E-state index in [1.165, 1.54) is 141 Å². The number of aliphatic carboxylic acids is 1. The first-order valence-corrected chi connectivity index (χ1v) is 23.2. The van der Waals surface area contributed by atoms with Crippen LogP contribution in [0.3, 0.4) is 0 Å². The van der Waals surface area contributed by atoms with Gasteiger partial charge in [-0.05, 0) is 38.5 Å². The number of allylic oxidation sites excluding steroid dienone is 2. The summed E-state index contributed by atoms with van der Waals surface area (Å²) >= 11 is 0. The Kier molecular flexibility index (Phi) is 38.0. The minimum absolute atomic E-state index is 0.0180. The van der Waals surface area contributed by atoms with Crippen LogP contribution in [0.25, 0.3) is 0 Å². The molecule has 0 bridgehead atoms. The second-order valence-electron chi connectivity index (χ2n) is 14.8. The first-order valence-electron chi connectivity index (χ1n) is 21.7. The van der Waals surface area contributed by atoms with Gasteiger partial charge in [-0.3, -0.25) is 18.6 Å². The van der Waals surface area contributed by atoms with Crippen molar-refractivity contribution in [2.45, 2.75) is 219 Å². The number of nitrogens with two attached hydrogens (primary N) is 1. The Morgan fingerprint density at radius 1 is 0.585 bits per heavy atom. The van der Waals surface area contributed by atoms with Crippen LogP contribution in [0.2, 0.25) is 0 Å². The molecule has 0 spiro atoms. The number of esters is 1. The van der Waals surface area contributed by atoms with Gasteiger partial charge in [-0.2, -0.15) is 0 Å². The van der Waals surface area contributed by atoms with Crippen LogP contribution in [-0.4, -0.2) is 60.5 Å². The molecule has 4 N–H and O–H groups in total. The molecule has 0 amide bonds. The van der Waals surface area contributed by atoms with Gasteiger partial charge in [-0.1, -0.05) is 174 Å². The highest BCUT2D eigenvalue weighted by Crippen LogP contribution is 2.43. The molecule has 53 heavy (non-hydrogen) atoms. The summed E-state index contributed by atoms with van der Waals surface area (Å²) in [6.45, 7) is 3.87. The third-order valence-electron chi connectivity index (χ3n) is 9.54. The molecule has 11 heteroatoms. The van der Waals surface area contributed by atoms with E-state index in [9.17, 15) is 19.0 Å². The van der Waals surface area contributed by atoms with Crippen molar-refractivity contribution in [2.24, 2.45) is 5.73 Å². The summed E-state index contributed by atoms with van der Waals surface area (Å²) in [5.41, 5.74) is 5.35. The van der Waals surface area contributed by atoms with Crippen LogP contribution in [0.15, 0.2) is 12.2 Å². The molecule has 0 aromatic rings. The lowest BCUT2D eigenvalue weighted by Gasteiger charge is -2.20. The Balaban J connectivity index is 4.19.